The SMILES string of the molecule is Cc1nn(-c2ccccc2)c2c1C(C(=O)NC1CCCC1)N(Cc1cccs1)C(=O)CS2. The zero-order valence-corrected chi connectivity index (χ0v) is 19.6. The number of rotatable bonds is 5. The molecule has 3 aromatic rings. The van der Waals surface area contributed by atoms with Crippen LogP contribution >= 0.6 is 23.1 Å². The Morgan fingerprint density at radius 2 is 1.94 bits per heavy atom. The van der Waals surface area contributed by atoms with E-state index < -0.39 is 6.04 Å². The number of carbonyl (C=O) groups is 2. The van der Waals surface area contributed by atoms with Gasteiger partial charge < -0.3 is 10.2 Å². The summed E-state index contributed by atoms with van der Waals surface area (Å²) >= 11 is 3.08. The van der Waals surface area contributed by atoms with Crippen molar-refractivity contribution in [2.45, 2.75) is 56.3 Å². The number of hydrogen-bond acceptors (Lipinski definition) is 5. The number of nitrogens with zero attached hydrogens (tertiary/aromatic N) is 3. The third-order valence-electron chi connectivity index (χ3n) is 6.16. The zero-order valence-electron chi connectivity index (χ0n) is 18.0. The molecule has 32 heavy (non-hydrogen) atoms. The van der Waals surface area contributed by atoms with Crippen molar-refractivity contribution in [1.82, 2.24) is 20.0 Å². The fourth-order valence-electron chi connectivity index (χ4n) is 4.60. The fourth-order valence-corrected chi connectivity index (χ4v) is 6.41. The molecule has 1 N–H and O–H groups in total. The monoisotopic (exact) mass is 466 g/mol. The Morgan fingerprint density at radius 3 is 2.66 bits per heavy atom. The number of carbonyl (C=O) groups excluding carboxylic acids is 2. The molecule has 0 radical (unpaired) electrons. The first-order chi connectivity index (χ1) is 15.6. The maximum absolute atomic E-state index is 13.7. The Bertz CT molecular complexity index is 1100. The van der Waals surface area contributed by atoms with Crippen LogP contribution in [0.25, 0.3) is 5.69 Å². The fraction of sp³-hybridized carbons (Fsp3) is 0.375. The molecule has 1 unspecified atom stereocenters. The Labute approximate surface area is 196 Å². The van der Waals surface area contributed by atoms with Gasteiger partial charge in [0.15, 0.2) is 0 Å². The lowest BCUT2D eigenvalue weighted by Gasteiger charge is -2.30. The van der Waals surface area contributed by atoms with E-state index in [9.17, 15) is 9.59 Å². The van der Waals surface area contributed by atoms with Crippen LogP contribution in [-0.4, -0.2) is 38.3 Å². The van der Waals surface area contributed by atoms with Crippen LogP contribution in [0.3, 0.4) is 0 Å². The summed E-state index contributed by atoms with van der Waals surface area (Å²) < 4.78 is 1.88. The molecule has 0 spiro atoms. The van der Waals surface area contributed by atoms with Gasteiger partial charge in [-0.3, -0.25) is 9.59 Å². The van der Waals surface area contributed by atoms with E-state index in [0.29, 0.717) is 6.54 Å². The lowest BCUT2D eigenvalue weighted by molar-refractivity contribution is -0.139. The molecule has 1 aromatic carbocycles. The van der Waals surface area contributed by atoms with Crippen molar-refractivity contribution < 1.29 is 9.59 Å². The third kappa shape index (κ3) is 4.09. The molecule has 2 aromatic heterocycles. The van der Waals surface area contributed by atoms with Gasteiger partial charge in [-0.05, 0) is 43.3 Å². The minimum absolute atomic E-state index is 0.0230. The number of para-hydroxylation sites is 1. The quantitative estimate of drug-likeness (QED) is 0.602. The largest absolute Gasteiger partial charge is 0.351 e. The number of aryl methyl sites for hydroxylation is 1. The van der Waals surface area contributed by atoms with Crippen LogP contribution in [0, 0.1) is 6.92 Å². The van der Waals surface area contributed by atoms with Gasteiger partial charge in [0.05, 0.1) is 23.7 Å². The smallest absolute Gasteiger partial charge is 0.247 e. The molecule has 166 valence electrons. The number of thioether (sulfide) groups is 1. The van der Waals surface area contributed by atoms with Gasteiger partial charge in [-0.15, -0.1) is 11.3 Å². The molecule has 1 aliphatic carbocycles. The summed E-state index contributed by atoms with van der Waals surface area (Å²) in [7, 11) is 0. The van der Waals surface area contributed by atoms with Gasteiger partial charge in [0.25, 0.3) is 0 Å². The Kier molecular flexibility index (Phi) is 6.06. The van der Waals surface area contributed by atoms with Crippen LogP contribution in [0.5, 0.6) is 0 Å². The number of nitrogens with one attached hydrogen (secondary N) is 1. The van der Waals surface area contributed by atoms with Gasteiger partial charge in [0.2, 0.25) is 11.8 Å². The highest BCUT2D eigenvalue weighted by molar-refractivity contribution is 8.00. The molecular formula is C24H26N4O2S2. The summed E-state index contributed by atoms with van der Waals surface area (Å²) in [6, 6.07) is 13.4. The number of fused-ring (bicyclic) bond motifs is 1. The predicted octanol–water partition coefficient (Wildman–Crippen LogP) is 4.48. The summed E-state index contributed by atoms with van der Waals surface area (Å²) in [5.41, 5.74) is 2.56. The summed E-state index contributed by atoms with van der Waals surface area (Å²) in [6.07, 6.45) is 4.28. The highest BCUT2D eigenvalue weighted by Crippen LogP contribution is 2.40. The second-order valence-corrected chi connectivity index (χ2v) is 10.3. The van der Waals surface area contributed by atoms with E-state index in [-0.39, 0.29) is 23.6 Å². The number of benzene rings is 1. The van der Waals surface area contributed by atoms with E-state index in [4.69, 9.17) is 5.10 Å². The van der Waals surface area contributed by atoms with Crippen LogP contribution in [0.15, 0.2) is 52.9 Å². The Hall–Kier alpha value is -2.58. The molecule has 0 saturated heterocycles. The van der Waals surface area contributed by atoms with Gasteiger partial charge in [-0.1, -0.05) is 48.9 Å². The second-order valence-electron chi connectivity index (χ2n) is 8.33. The maximum atomic E-state index is 13.7. The van der Waals surface area contributed by atoms with Crippen molar-refractivity contribution in [2.75, 3.05) is 5.75 Å². The Balaban J connectivity index is 1.59. The van der Waals surface area contributed by atoms with Crippen molar-refractivity contribution in [2.24, 2.45) is 0 Å². The van der Waals surface area contributed by atoms with Crippen LogP contribution < -0.4 is 5.32 Å². The Morgan fingerprint density at radius 1 is 1.16 bits per heavy atom. The average molecular weight is 467 g/mol. The molecule has 6 nitrogen and oxygen atoms in total. The second kappa shape index (κ2) is 9.11. The first-order valence-electron chi connectivity index (χ1n) is 11.0. The lowest BCUT2D eigenvalue weighted by atomic mass is 10.0. The zero-order chi connectivity index (χ0) is 22.1. The van der Waals surface area contributed by atoms with E-state index in [1.165, 1.54) is 11.8 Å². The topological polar surface area (TPSA) is 67.2 Å². The summed E-state index contributed by atoms with van der Waals surface area (Å²) in [5.74, 6) is 0.162. The van der Waals surface area contributed by atoms with Gasteiger partial charge in [-0.25, -0.2) is 4.68 Å². The highest BCUT2D eigenvalue weighted by atomic mass is 32.2. The number of thiophene rings is 1. The highest BCUT2D eigenvalue weighted by Gasteiger charge is 2.40. The van der Waals surface area contributed by atoms with E-state index in [0.717, 1.165) is 52.5 Å². The van der Waals surface area contributed by atoms with Gasteiger partial charge in [0.1, 0.15) is 11.1 Å². The van der Waals surface area contributed by atoms with Crippen molar-refractivity contribution in [3.63, 3.8) is 0 Å². The van der Waals surface area contributed by atoms with Gasteiger partial charge >= 0.3 is 0 Å². The number of amides is 2. The molecular weight excluding hydrogens is 440 g/mol. The molecule has 2 aliphatic rings. The first-order valence-corrected chi connectivity index (χ1v) is 12.9. The van der Waals surface area contributed by atoms with E-state index in [2.05, 4.69) is 5.32 Å². The molecule has 1 fully saturated rings. The molecule has 3 heterocycles. The van der Waals surface area contributed by atoms with Crippen molar-refractivity contribution >= 4 is 34.9 Å². The van der Waals surface area contributed by atoms with Crippen molar-refractivity contribution in [3.05, 3.63) is 64.0 Å². The molecule has 1 saturated carbocycles. The van der Waals surface area contributed by atoms with Crippen LogP contribution in [0.4, 0.5) is 0 Å². The summed E-state index contributed by atoms with van der Waals surface area (Å²) in [5, 5.41) is 10.9. The lowest BCUT2D eigenvalue weighted by Crippen LogP contribution is -2.45. The standard InChI is InChI=1S/C24H26N4O2S2/c1-16-21-22(23(30)25-17-8-5-6-9-17)27(14-19-12-7-13-31-19)20(29)15-32-24(21)28(26-16)18-10-3-2-4-11-18/h2-4,7,10-13,17,22H,5-6,8-9,14-15H2,1H3,(H,25,30). The molecule has 5 rings (SSSR count). The normalized spacial score (nSPS) is 19.1. The summed E-state index contributed by atoms with van der Waals surface area (Å²) in [6.45, 7) is 2.36. The maximum Gasteiger partial charge on any atom is 0.247 e. The predicted molar refractivity (Wildman–Crippen MR) is 127 cm³/mol. The van der Waals surface area contributed by atoms with Crippen molar-refractivity contribution in [1.29, 1.82) is 0 Å². The van der Waals surface area contributed by atoms with Gasteiger partial charge in [-0.2, -0.15) is 5.10 Å². The van der Waals surface area contributed by atoms with Crippen molar-refractivity contribution in [3.8, 4) is 5.69 Å². The van der Waals surface area contributed by atoms with Gasteiger partial charge in [0, 0.05) is 16.5 Å². The molecule has 0 bridgehead atoms. The number of hydrogen-bond donors (Lipinski definition) is 1. The molecule has 2 amide bonds. The molecule has 8 heteroatoms. The van der Waals surface area contributed by atoms with E-state index >= 15 is 0 Å². The average Bonchev–Trinajstić information content (AvgIpc) is 3.54. The van der Waals surface area contributed by atoms with Crippen LogP contribution in [0.1, 0.15) is 47.9 Å². The minimum atomic E-state index is -0.687. The first kappa shape index (κ1) is 21.3. The summed E-state index contributed by atoms with van der Waals surface area (Å²) in [4.78, 5) is 29.8. The van der Waals surface area contributed by atoms with E-state index in [1.54, 1.807) is 16.2 Å². The van der Waals surface area contributed by atoms with Crippen LogP contribution in [0.2, 0.25) is 0 Å². The van der Waals surface area contributed by atoms with Crippen LogP contribution in [-0.2, 0) is 16.1 Å². The molecule has 1 atom stereocenters. The van der Waals surface area contributed by atoms with E-state index in [1.807, 2.05) is 59.5 Å². The number of aromatic nitrogens is 2. The minimum Gasteiger partial charge on any atom is -0.351 e. The molecule has 1 aliphatic heterocycles. The third-order valence-corrected chi connectivity index (χ3v) is 8.08.